The fraction of sp³-hybridized carbons (Fsp3) is 0.240. The Kier molecular flexibility index (Phi) is 7.36. The summed E-state index contributed by atoms with van der Waals surface area (Å²) in [5, 5.41) is 9.74. The number of esters is 2. The summed E-state index contributed by atoms with van der Waals surface area (Å²) in [5.41, 5.74) is 7.10. The van der Waals surface area contributed by atoms with E-state index >= 15 is 0 Å². The normalized spacial score (nSPS) is 15.4. The van der Waals surface area contributed by atoms with Gasteiger partial charge < -0.3 is 24.7 Å². The van der Waals surface area contributed by atoms with Crippen LogP contribution in [0.2, 0.25) is 0 Å². The molecule has 0 spiro atoms. The summed E-state index contributed by atoms with van der Waals surface area (Å²) < 4.78 is 21.9. The standard InChI is InChI=1S/C25H24N2O6/c1-4-30-20-13-17(11-12-19(20)33-24(28)16-9-7-6-8-10-16)22-18(14-26)23(27)32-15(3)21(22)25(29)31-5-2/h6-13,22H,4-5,27H2,1-3H3. The summed E-state index contributed by atoms with van der Waals surface area (Å²) in [5.74, 6) is -1.35. The van der Waals surface area contributed by atoms with E-state index in [1.165, 1.54) is 0 Å². The summed E-state index contributed by atoms with van der Waals surface area (Å²) in [6, 6.07) is 15.4. The molecular formula is C25H24N2O6. The molecular weight excluding hydrogens is 424 g/mol. The SMILES string of the molecule is CCOC(=O)C1=C(C)OC(N)=C(C#N)C1c1ccc(OC(=O)c2ccccc2)c(OCC)c1. The highest BCUT2D eigenvalue weighted by Gasteiger charge is 2.36. The van der Waals surface area contributed by atoms with Gasteiger partial charge >= 0.3 is 11.9 Å². The number of carbonyl (C=O) groups excluding carboxylic acids is 2. The van der Waals surface area contributed by atoms with Crippen LogP contribution in [0.3, 0.4) is 0 Å². The number of rotatable bonds is 7. The van der Waals surface area contributed by atoms with Crippen LogP contribution in [0.25, 0.3) is 0 Å². The van der Waals surface area contributed by atoms with Crippen LogP contribution >= 0.6 is 0 Å². The van der Waals surface area contributed by atoms with Crippen LogP contribution in [0.15, 0.2) is 71.3 Å². The van der Waals surface area contributed by atoms with Gasteiger partial charge in [-0.2, -0.15) is 5.26 Å². The Hall–Kier alpha value is -4.25. The van der Waals surface area contributed by atoms with Crippen molar-refractivity contribution >= 4 is 11.9 Å². The predicted molar refractivity (Wildman–Crippen MR) is 119 cm³/mol. The molecule has 1 atom stereocenters. The molecule has 0 aromatic heterocycles. The highest BCUT2D eigenvalue weighted by Crippen LogP contribution is 2.42. The van der Waals surface area contributed by atoms with E-state index in [-0.39, 0.29) is 40.9 Å². The van der Waals surface area contributed by atoms with Crippen molar-refractivity contribution in [2.75, 3.05) is 13.2 Å². The van der Waals surface area contributed by atoms with Crippen molar-refractivity contribution in [3.8, 4) is 17.6 Å². The maximum Gasteiger partial charge on any atom is 0.343 e. The lowest BCUT2D eigenvalue weighted by atomic mass is 9.83. The fourth-order valence-corrected chi connectivity index (χ4v) is 3.48. The van der Waals surface area contributed by atoms with Gasteiger partial charge in [-0.3, -0.25) is 0 Å². The van der Waals surface area contributed by atoms with E-state index in [9.17, 15) is 14.9 Å². The monoisotopic (exact) mass is 448 g/mol. The minimum Gasteiger partial charge on any atom is -0.490 e. The molecule has 0 saturated carbocycles. The number of ether oxygens (including phenoxy) is 4. The number of nitriles is 1. The maximum atomic E-state index is 12.7. The summed E-state index contributed by atoms with van der Waals surface area (Å²) in [4.78, 5) is 25.2. The third-order valence-electron chi connectivity index (χ3n) is 4.91. The van der Waals surface area contributed by atoms with Crippen LogP contribution in [-0.4, -0.2) is 25.2 Å². The van der Waals surface area contributed by atoms with Gasteiger partial charge in [-0.25, -0.2) is 9.59 Å². The van der Waals surface area contributed by atoms with Crippen molar-refractivity contribution in [2.24, 2.45) is 5.73 Å². The predicted octanol–water partition coefficient (Wildman–Crippen LogP) is 3.95. The molecule has 2 aromatic rings. The quantitative estimate of drug-likeness (QED) is 0.499. The maximum absolute atomic E-state index is 12.7. The lowest BCUT2D eigenvalue weighted by Crippen LogP contribution is -2.25. The van der Waals surface area contributed by atoms with E-state index in [4.69, 9.17) is 24.7 Å². The van der Waals surface area contributed by atoms with Gasteiger partial charge in [-0.05, 0) is 50.6 Å². The smallest absolute Gasteiger partial charge is 0.343 e. The van der Waals surface area contributed by atoms with Crippen LogP contribution in [0.1, 0.15) is 42.6 Å². The first kappa shape index (κ1) is 23.4. The minimum absolute atomic E-state index is 0.0696. The van der Waals surface area contributed by atoms with Gasteiger partial charge in [-0.15, -0.1) is 0 Å². The average Bonchev–Trinajstić information content (AvgIpc) is 2.80. The molecule has 8 heteroatoms. The molecule has 0 saturated heterocycles. The van der Waals surface area contributed by atoms with Gasteiger partial charge in [0.2, 0.25) is 5.88 Å². The number of nitrogens with two attached hydrogens (primary N) is 1. The van der Waals surface area contributed by atoms with Crippen molar-refractivity contribution in [1.29, 1.82) is 5.26 Å². The molecule has 1 heterocycles. The zero-order chi connectivity index (χ0) is 24.0. The first-order chi connectivity index (χ1) is 15.9. The Morgan fingerprint density at radius 1 is 1.06 bits per heavy atom. The highest BCUT2D eigenvalue weighted by atomic mass is 16.6. The summed E-state index contributed by atoms with van der Waals surface area (Å²) in [7, 11) is 0. The van der Waals surface area contributed by atoms with Gasteiger partial charge in [0.15, 0.2) is 11.5 Å². The third kappa shape index (κ3) is 4.99. The third-order valence-corrected chi connectivity index (χ3v) is 4.91. The molecule has 8 nitrogen and oxygen atoms in total. The molecule has 170 valence electrons. The lowest BCUT2D eigenvalue weighted by molar-refractivity contribution is -0.139. The van der Waals surface area contributed by atoms with Gasteiger partial charge in [-0.1, -0.05) is 24.3 Å². The van der Waals surface area contributed by atoms with Crippen molar-refractivity contribution in [3.63, 3.8) is 0 Å². The summed E-state index contributed by atoms with van der Waals surface area (Å²) >= 11 is 0. The first-order valence-electron chi connectivity index (χ1n) is 10.4. The highest BCUT2D eigenvalue weighted by molar-refractivity contribution is 5.93. The van der Waals surface area contributed by atoms with Gasteiger partial charge in [0.05, 0.1) is 30.3 Å². The van der Waals surface area contributed by atoms with Crippen LogP contribution in [0.4, 0.5) is 0 Å². The van der Waals surface area contributed by atoms with Crippen molar-refractivity contribution in [3.05, 3.63) is 82.4 Å². The first-order valence-corrected chi connectivity index (χ1v) is 10.4. The average molecular weight is 448 g/mol. The number of benzene rings is 2. The van der Waals surface area contributed by atoms with Crippen LogP contribution < -0.4 is 15.2 Å². The zero-order valence-electron chi connectivity index (χ0n) is 18.6. The van der Waals surface area contributed by atoms with E-state index < -0.39 is 17.9 Å². The van der Waals surface area contributed by atoms with E-state index in [2.05, 4.69) is 0 Å². The van der Waals surface area contributed by atoms with Crippen LogP contribution in [0, 0.1) is 11.3 Å². The molecule has 1 unspecified atom stereocenters. The Labute approximate surface area is 191 Å². The van der Waals surface area contributed by atoms with E-state index in [1.54, 1.807) is 69.3 Å². The van der Waals surface area contributed by atoms with Gasteiger partial charge in [0.25, 0.3) is 0 Å². The van der Waals surface area contributed by atoms with Gasteiger partial charge in [0, 0.05) is 0 Å². The Balaban J connectivity index is 2.05. The van der Waals surface area contributed by atoms with Crippen molar-refractivity contribution in [2.45, 2.75) is 26.7 Å². The second-order valence-corrected chi connectivity index (χ2v) is 7.01. The van der Waals surface area contributed by atoms with Crippen molar-refractivity contribution < 1.29 is 28.5 Å². The Bertz CT molecular complexity index is 1160. The minimum atomic E-state index is -0.833. The largest absolute Gasteiger partial charge is 0.490 e. The molecule has 3 rings (SSSR count). The summed E-state index contributed by atoms with van der Waals surface area (Å²) in [6.07, 6.45) is 0. The number of hydrogen-bond donors (Lipinski definition) is 1. The molecule has 1 aliphatic heterocycles. The topological polar surface area (TPSA) is 121 Å². The molecule has 1 aliphatic rings. The lowest BCUT2D eigenvalue weighted by Gasteiger charge is -2.27. The van der Waals surface area contributed by atoms with Crippen LogP contribution in [-0.2, 0) is 14.3 Å². The Morgan fingerprint density at radius 3 is 2.42 bits per heavy atom. The molecule has 33 heavy (non-hydrogen) atoms. The second-order valence-electron chi connectivity index (χ2n) is 7.01. The number of hydrogen-bond acceptors (Lipinski definition) is 8. The molecule has 0 bridgehead atoms. The van der Waals surface area contributed by atoms with Gasteiger partial charge in [0.1, 0.15) is 17.4 Å². The number of allylic oxidation sites excluding steroid dienone is 2. The molecule has 0 fully saturated rings. The summed E-state index contributed by atoms with van der Waals surface area (Å²) in [6.45, 7) is 5.51. The molecule has 2 N–H and O–H groups in total. The zero-order valence-corrected chi connectivity index (χ0v) is 18.6. The van der Waals surface area contributed by atoms with E-state index in [1.807, 2.05) is 6.07 Å². The fourth-order valence-electron chi connectivity index (χ4n) is 3.48. The number of nitrogens with zero attached hydrogens (tertiary/aromatic N) is 1. The molecule has 0 radical (unpaired) electrons. The number of carbonyl (C=O) groups is 2. The molecule has 2 aromatic carbocycles. The second kappa shape index (κ2) is 10.4. The van der Waals surface area contributed by atoms with E-state index in [0.717, 1.165) is 0 Å². The Morgan fingerprint density at radius 2 is 1.79 bits per heavy atom. The van der Waals surface area contributed by atoms with E-state index in [0.29, 0.717) is 17.7 Å². The van der Waals surface area contributed by atoms with Crippen molar-refractivity contribution in [1.82, 2.24) is 0 Å². The molecule has 0 aliphatic carbocycles. The van der Waals surface area contributed by atoms with Crippen LogP contribution in [0.5, 0.6) is 11.5 Å². The molecule has 0 amide bonds.